The van der Waals surface area contributed by atoms with Crippen LogP contribution >= 0.6 is 12.4 Å². The maximum absolute atomic E-state index is 12.9. The molecule has 6 nitrogen and oxygen atoms in total. The van der Waals surface area contributed by atoms with E-state index in [1.807, 2.05) is 12.1 Å². The van der Waals surface area contributed by atoms with E-state index >= 15 is 0 Å². The first-order valence-corrected chi connectivity index (χ1v) is 8.66. The second-order valence-corrected chi connectivity index (χ2v) is 6.48. The molecule has 0 saturated carbocycles. The minimum absolute atomic E-state index is 0. The number of anilines is 1. The van der Waals surface area contributed by atoms with Crippen LogP contribution in [0.15, 0.2) is 41.2 Å². The third-order valence-corrected chi connectivity index (χ3v) is 4.29. The van der Waals surface area contributed by atoms with Crippen molar-refractivity contribution in [2.75, 3.05) is 5.32 Å². The summed E-state index contributed by atoms with van der Waals surface area (Å²) in [5, 5.41) is 2.50. The zero-order valence-electron chi connectivity index (χ0n) is 15.2. The highest BCUT2D eigenvalue weighted by Crippen LogP contribution is 2.32. The highest BCUT2D eigenvalue weighted by molar-refractivity contribution is 5.91. The monoisotopic (exact) mass is 428 g/mol. The Morgan fingerprint density at radius 2 is 1.76 bits per heavy atom. The van der Waals surface area contributed by atoms with Crippen molar-refractivity contribution in [1.82, 2.24) is 9.97 Å². The molecule has 0 spiro atoms. The minimum Gasteiger partial charge on any atom is -0.326 e. The van der Waals surface area contributed by atoms with Gasteiger partial charge in [0.25, 0.3) is 0 Å². The summed E-state index contributed by atoms with van der Waals surface area (Å²) in [5.74, 6) is -0.376. The molecule has 1 amide bonds. The van der Waals surface area contributed by atoms with Crippen molar-refractivity contribution in [2.45, 2.75) is 32.0 Å². The van der Waals surface area contributed by atoms with E-state index < -0.39 is 11.7 Å². The Bertz CT molecular complexity index is 1060. The summed E-state index contributed by atoms with van der Waals surface area (Å²) >= 11 is 0. The number of rotatable bonds is 6. The van der Waals surface area contributed by atoms with Gasteiger partial charge in [-0.15, -0.1) is 12.4 Å². The number of fused-ring (bicyclic) bond motifs is 1. The van der Waals surface area contributed by atoms with Gasteiger partial charge in [-0.05, 0) is 54.3 Å². The molecule has 0 atom stereocenters. The molecular weight excluding hydrogens is 409 g/mol. The number of aryl methyl sites for hydroxylation is 1. The van der Waals surface area contributed by atoms with E-state index in [1.165, 1.54) is 6.07 Å². The molecule has 2 aromatic carbocycles. The predicted molar refractivity (Wildman–Crippen MR) is 107 cm³/mol. The van der Waals surface area contributed by atoms with Crippen LogP contribution in [0.1, 0.15) is 29.5 Å². The van der Waals surface area contributed by atoms with Crippen LogP contribution in [0.25, 0.3) is 11.0 Å². The lowest BCUT2D eigenvalue weighted by molar-refractivity contribution is -0.137. The second-order valence-electron chi connectivity index (χ2n) is 6.48. The normalized spacial score (nSPS) is 11.3. The van der Waals surface area contributed by atoms with Crippen molar-refractivity contribution < 1.29 is 18.0 Å². The Kier molecular flexibility index (Phi) is 7.10. The Hall–Kier alpha value is -2.78. The van der Waals surface area contributed by atoms with Crippen molar-refractivity contribution in [2.24, 2.45) is 5.73 Å². The molecule has 156 valence electrons. The van der Waals surface area contributed by atoms with Crippen molar-refractivity contribution >= 4 is 35.0 Å². The summed E-state index contributed by atoms with van der Waals surface area (Å²) in [6.07, 6.45) is -3.26. The molecule has 0 aliphatic rings. The van der Waals surface area contributed by atoms with E-state index in [1.54, 1.807) is 6.07 Å². The van der Waals surface area contributed by atoms with Gasteiger partial charge in [-0.2, -0.15) is 13.2 Å². The van der Waals surface area contributed by atoms with Gasteiger partial charge in [-0.3, -0.25) is 4.79 Å². The van der Waals surface area contributed by atoms with Crippen LogP contribution < -0.4 is 16.7 Å². The molecule has 3 rings (SSSR count). The zero-order valence-corrected chi connectivity index (χ0v) is 16.0. The van der Waals surface area contributed by atoms with Gasteiger partial charge in [0.1, 0.15) is 0 Å². The standard InChI is InChI=1S/C19H19F3N4O2.ClH/c20-19(21,22)13-6-12(10-23)7-14(9-13)24-17(27)3-1-2-11-4-5-15-16(8-11)26-18(28)25-15;/h4-9H,1-3,10,23H2,(H,24,27)(H2,25,26,28);1H. The number of carbonyl (C=O) groups is 1. The highest BCUT2D eigenvalue weighted by atomic mass is 35.5. The smallest absolute Gasteiger partial charge is 0.326 e. The number of aromatic amines is 2. The van der Waals surface area contributed by atoms with Crippen molar-refractivity contribution in [3.8, 4) is 0 Å². The quantitative estimate of drug-likeness (QED) is 0.481. The Morgan fingerprint density at radius 3 is 2.45 bits per heavy atom. The van der Waals surface area contributed by atoms with Gasteiger partial charge < -0.3 is 21.0 Å². The van der Waals surface area contributed by atoms with Crippen LogP contribution in [-0.4, -0.2) is 15.9 Å². The first kappa shape index (κ1) is 22.5. The van der Waals surface area contributed by atoms with Gasteiger partial charge >= 0.3 is 11.9 Å². The van der Waals surface area contributed by atoms with Crippen LogP contribution in [0.5, 0.6) is 0 Å². The molecular formula is C19H20ClF3N4O2. The molecule has 0 bridgehead atoms. The molecule has 0 radical (unpaired) electrons. The van der Waals surface area contributed by atoms with Gasteiger partial charge in [0.2, 0.25) is 5.91 Å². The van der Waals surface area contributed by atoms with Gasteiger partial charge in [-0.1, -0.05) is 6.07 Å². The SMILES string of the molecule is Cl.NCc1cc(NC(=O)CCCc2ccc3[nH]c(=O)[nH]c3c2)cc(C(F)(F)F)c1. The van der Waals surface area contributed by atoms with Gasteiger partial charge in [0, 0.05) is 18.7 Å². The molecule has 5 N–H and O–H groups in total. The van der Waals surface area contributed by atoms with Crippen LogP contribution in [-0.2, 0) is 23.9 Å². The maximum Gasteiger partial charge on any atom is 0.416 e. The average Bonchev–Trinajstić information content (AvgIpc) is 3.00. The Labute approximate surface area is 170 Å². The third-order valence-electron chi connectivity index (χ3n) is 4.29. The van der Waals surface area contributed by atoms with Crippen LogP contribution in [0.3, 0.4) is 0 Å². The van der Waals surface area contributed by atoms with Crippen molar-refractivity contribution in [1.29, 1.82) is 0 Å². The number of hydrogen-bond acceptors (Lipinski definition) is 3. The largest absolute Gasteiger partial charge is 0.416 e. The number of hydrogen-bond donors (Lipinski definition) is 4. The molecule has 10 heteroatoms. The number of carbonyl (C=O) groups excluding carboxylic acids is 1. The Morgan fingerprint density at radius 1 is 1.03 bits per heavy atom. The van der Waals surface area contributed by atoms with Gasteiger partial charge in [0.05, 0.1) is 16.6 Å². The lowest BCUT2D eigenvalue weighted by atomic mass is 10.1. The lowest BCUT2D eigenvalue weighted by Crippen LogP contribution is -2.14. The van der Waals surface area contributed by atoms with E-state index in [9.17, 15) is 22.8 Å². The number of amides is 1. The first-order valence-electron chi connectivity index (χ1n) is 8.66. The third kappa shape index (κ3) is 5.85. The number of nitrogens with one attached hydrogen (secondary N) is 3. The lowest BCUT2D eigenvalue weighted by Gasteiger charge is -2.12. The van der Waals surface area contributed by atoms with Gasteiger partial charge in [0.15, 0.2) is 0 Å². The molecule has 1 aromatic heterocycles. The number of nitrogens with two attached hydrogens (primary N) is 1. The molecule has 0 aliphatic carbocycles. The summed E-state index contributed by atoms with van der Waals surface area (Å²) in [7, 11) is 0. The van der Waals surface area contributed by atoms with Crippen molar-refractivity contribution in [3.05, 3.63) is 63.6 Å². The van der Waals surface area contributed by atoms with E-state index in [-0.39, 0.29) is 42.7 Å². The molecule has 0 aliphatic heterocycles. The number of halogens is 4. The summed E-state index contributed by atoms with van der Waals surface area (Å²) in [4.78, 5) is 28.7. The molecule has 29 heavy (non-hydrogen) atoms. The summed E-state index contributed by atoms with van der Waals surface area (Å²) in [5.41, 5.74) is 7.00. The highest BCUT2D eigenvalue weighted by Gasteiger charge is 2.31. The van der Waals surface area contributed by atoms with Crippen LogP contribution in [0.4, 0.5) is 18.9 Å². The van der Waals surface area contributed by atoms with Crippen LogP contribution in [0, 0.1) is 0 Å². The fourth-order valence-corrected chi connectivity index (χ4v) is 2.96. The average molecular weight is 429 g/mol. The summed E-state index contributed by atoms with van der Waals surface area (Å²) < 4.78 is 38.8. The van der Waals surface area contributed by atoms with E-state index in [0.29, 0.717) is 29.4 Å². The topological polar surface area (TPSA) is 104 Å². The molecule has 0 fully saturated rings. The summed E-state index contributed by atoms with van der Waals surface area (Å²) in [6.45, 7) is -0.0590. The first-order chi connectivity index (χ1) is 13.2. The van der Waals surface area contributed by atoms with E-state index in [2.05, 4.69) is 15.3 Å². The molecule has 1 heterocycles. The molecule has 0 unspecified atom stereocenters. The summed E-state index contributed by atoms with van der Waals surface area (Å²) in [6, 6.07) is 8.75. The number of benzene rings is 2. The maximum atomic E-state index is 12.9. The number of aromatic nitrogens is 2. The molecule has 3 aromatic rings. The predicted octanol–water partition coefficient (Wildman–Crippen LogP) is 3.72. The number of imidazole rings is 1. The van der Waals surface area contributed by atoms with E-state index in [0.717, 1.165) is 17.7 Å². The second kappa shape index (κ2) is 9.15. The fraction of sp³-hybridized carbons (Fsp3) is 0.263. The van der Waals surface area contributed by atoms with Gasteiger partial charge in [-0.25, -0.2) is 4.79 Å². The number of alkyl halides is 3. The van der Waals surface area contributed by atoms with Crippen LogP contribution in [0.2, 0.25) is 0 Å². The minimum atomic E-state index is -4.51. The zero-order chi connectivity index (χ0) is 20.3. The Balaban J connectivity index is 0.00000300. The fourth-order valence-electron chi connectivity index (χ4n) is 2.96. The number of H-pyrrole nitrogens is 2. The van der Waals surface area contributed by atoms with Crippen molar-refractivity contribution in [3.63, 3.8) is 0 Å². The van der Waals surface area contributed by atoms with E-state index in [4.69, 9.17) is 5.73 Å². The molecule has 0 saturated heterocycles.